The van der Waals surface area contributed by atoms with Crippen LogP contribution >= 0.6 is 0 Å². The fourth-order valence-corrected chi connectivity index (χ4v) is 7.27. The molecule has 2 aromatic heterocycles. The highest BCUT2D eigenvalue weighted by Crippen LogP contribution is 2.46. The Bertz CT molecular complexity index is 1610. The fraction of sp³-hybridized carbons (Fsp3) is 0.552. The third-order valence-electron chi connectivity index (χ3n) is 9.20. The average Bonchev–Trinajstić information content (AvgIpc) is 3.43. The summed E-state index contributed by atoms with van der Waals surface area (Å²) < 4.78 is 91.7. The van der Waals surface area contributed by atoms with Gasteiger partial charge in [0.25, 0.3) is 0 Å². The van der Waals surface area contributed by atoms with E-state index in [1.807, 2.05) is 4.90 Å². The van der Waals surface area contributed by atoms with Crippen molar-refractivity contribution in [1.82, 2.24) is 19.9 Å². The van der Waals surface area contributed by atoms with Crippen LogP contribution in [0.5, 0.6) is 11.9 Å². The van der Waals surface area contributed by atoms with Gasteiger partial charge in [0.2, 0.25) is 5.88 Å². The molecule has 4 aliphatic heterocycles. The minimum atomic E-state index is -4.82. The number of nitrogens with zero attached hydrogens (tertiary/aromatic N) is 5. The molecule has 4 aliphatic rings. The lowest BCUT2D eigenvalue weighted by molar-refractivity contribution is -0.137. The zero-order valence-electron chi connectivity index (χ0n) is 23.7. The molecule has 7 rings (SSSR count). The van der Waals surface area contributed by atoms with Crippen LogP contribution in [0, 0.1) is 12.7 Å². The highest BCUT2D eigenvalue weighted by Gasteiger charge is 2.49. The summed E-state index contributed by atoms with van der Waals surface area (Å²) in [6.45, 7) is 3.09. The van der Waals surface area contributed by atoms with E-state index < -0.39 is 46.6 Å². The van der Waals surface area contributed by atoms with E-state index in [0.29, 0.717) is 26.0 Å². The molecule has 9 nitrogen and oxygen atoms in total. The third-order valence-corrected chi connectivity index (χ3v) is 9.20. The van der Waals surface area contributed by atoms with Gasteiger partial charge in [0.1, 0.15) is 41.3 Å². The van der Waals surface area contributed by atoms with Gasteiger partial charge in [-0.25, -0.2) is 13.8 Å². The van der Waals surface area contributed by atoms with Crippen LogP contribution in [0.15, 0.2) is 12.1 Å². The van der Waals surface area contributed by atoms with E-state index in [2.05, 4.69) is 19.9 Å². The predicted octanol–water partition coefficient (Wildman–Crippen LogP) is 4.68. The van der Waals surface area contributed by atoms with E-state index >= 15 is 4.39 Å². The molecule has 1 aromatic carbocycles. The van der Waals surface area contributed by atoms with E-state index in [1.54, 1.807) is 7.05 Å². The molecule has 0 aliphatic carbocycles. The maximum absolute atomic E-state index is 16.6. The zero-order chi connectivity index (χ0) is 30.3. The van der Waals surface area contributed by atoms with Crippen molar-refractivity contribution in [2.45, 2.75) is 62.6 Å². The smallest absolute Gasteiger partial charge is 0.417 e. The van der Waals surface area contributed by atoms with Gasteiger partial charge in [0.15, 0.2) is 5.82 Å². The lowest BCUT2D eigenvalue weighted by Gasteiger charge is -2.36. The molecule has 6 heterocycles. The van der Waals surface area contributed by atoms with Gasteiger partial charge in [-0.1, -0.05) is 0 Å². The molecule has 3 aromatic rings. The van der Waals surface area contributed by atoms with Crippen LogP contribution in [0.1, 0.15) is 36.8 Å². The number of fused-ring (bicyclic) bond motifs is 2. The number of benzene rings is 1. The van der Waals surface area contributed by atoms with Crippen LogP contribution < -0.4 is 20.1 Å². The number of pyridine rings is 1. The Morgan fingerprint density at radius 1 is 1.21 bits per heavy atom. The Labute approximate surface area is 244 Å². The van der Waals surface area contributed by atoms with Crippen molar-refractivity contribution in [3.63, 3.8) is 0 Å². The fourth-order valence-electron chi connectivity index (χ4n) is 7.27. The Morgan fingerprint density at radius 3 is 2.81 bits per heavy atom. The van der Waals surface area contributed by atoms with Gasteiger partial charge in [-0.3, -0.25) is 4.90 Å². The van der Waals surface area contributed by atoms with Crippen molar-refractivity contribution >= 4 is 22.4 Å². The quantitative estimate of drug-likeness (QED) is 0.335. The number of aromatic nitrogens is 3. The van der Waals surface area contributed by atoms with Crippen molar-refractivity contribution < 1.29 is 36.2 Å². The van der Waals surface area contributed by atoms with Gasteiger partial charge >= 0.3 is 12.2 Å². The molecule has 43 heavy (non-hydrogen) atoms. The van der Waals surface area contributed by atoms with E-state index in [4.69, 9.17) is 19.9 Å². The highest BCUT2D eigenvalue weighted by atomic mass is 19.4. The second-order valence-corrected chi connectivity index (χ2v) is 12.0. The summed E-state index contributed by atoms with van der Waals surface area (Å²) in [6, 6.07) is 1.83. The molecule has 0 radical (unpaired) electrons. The van der Waals surface area contributed by atoms with Crippen molar-refractivity contribution in [2.75, 3.05) is 50.6 Å². The summed E-state index contributed by atoms with van der Waals surface area (Å²) in [6.07, 6.45) is -3.83. The van der Waals surface area contributed by atoms with Crippen molar-refractivity contribution in [1.29, 1.82) is 0 Å². The predicted molar refractivity (Wildman–Crippen MR) is 147 cm³/mol. The molecule has 2 N–H and O–H groups in total. The minimum absolute atomic E-state index is 0.0181. The maximum atomic E-state index is 16.6. The molecule has 4 atom stereocenters. The molecule has 0 unspecified atom stereocenters. The number of ether oxygens (including phenoxy) is 3. The van der Waals surface area contributed by atoms with Crippen LogP contribution in [0.2, 0.25) is 0 Å². The number of hydrogen-bond donors (Lipinski definition) is 1. The standard InChI is InChI=1S/C29H31F5N6O3/c1-14-8-16(35)9-17(21(14)29(32,33)34)23-22(31)24-20-25(39(2)18-4-7-41-12-19(18)43-26(20)36-23)38-27(37-24)42-13-28-5-3-6-40(28)11-15(30)10-28/h8-9,15,18-19H,3-7,10-13,35H2,1-2H3/t15-,18+,19+,28+/m1/s1. The zero-order valence-corrected chi connectivity index (χ0v) is 23.7. The topological polar surface area (TPSA) is 98.9 Å². The third kappa shape index (κ3) is 4.60. The number of anilines is 2. The summed E-state index contributed by atoms with van der Waals surface area (Å²) in [5, 5.41) is 0.116. The molecular weight excluding hydrogens is 575 g/mol. The molecule has 0 bridgehead atoms. The Kier molecular flexibility index (Phi) is 6.58. The second kappa shape index (κ2) is 10.0. The van der Waals surface area contributed by atoms with Crippen molar-refractivity contribution in [3.05, 3.63) is 29.1 Å². The first-order valence-corrected chi connectivity index (χ1v) is 14.3. The normalized spacial score (nSPS) is 27.1. The molecule has 0 saturated carbocycles. The Morgan fingerprint density at radius 2 is 2.02 bits per heavy atom. The maximum Gasteiger partial charge on any atom is 0.417 e. The van der Waals surface area contributed by atoms with E-state index in [9.17, 15) is 17.6 Å². The highest BCUT2D eigenvalue weighted by molar-refractivity contribution is 5.97. The largest absolute Gasteiger partial charge is 0.469 e. The molecule has 3 saturated heterocycles. The van der Waals surface area contributed by atoms with Gasteiger partial charge in [-0.05, 0) is 50.4 Å². The van der Waals surface area contributed by atoms with Gasteiger partial charge in [0, 0.05) is 37.9 Å². The number of hydrogen-bond acceptors (Lipinski definition) is 9. The summed E-state index contributed by atoms with van der Waals surface area (Å²) in [7, 11) is 1.78. The van der Waals surface area contributed by atoms with Gasteiger partial charge < -0.3 is 24.8 Å². The molecule has 0 amide bonds. The van der Waals surface area contributed by atoms with Gasteiger partial charge in [-0.15, -0.1) is 0 Å². The summed E-state index contributed by atoms with van der Waals surface area (Å²) in [5.74, 6) is -0.924. The van der Waals surface area contributed by atoms with Crippen LogP contribution in [0.3, 0.4) is 0 Å². The number of nitrogens with two attached hydrogens (primary N) is 1. The van der Waals surface area contributed by atoms with Gasteiger partial charge in [-0.2, -0.15) is 23.1 Å². The molecule has 0 spiro atoms. The molecule has 14 heteroatoms. The second-order valence-electron chi connectivity index (χ2n) is 12.0. The van der Waals surface area contributed by atoms with Crippen LogP contribution in [-0.4, -0.2) is 83.7 Å². The number of rotatable bonds is 4. The summed E-state index contributed by atoms with van der Waals surface area (Å²) in [4.78, 5) is 17.2. The van der Waals surface area contributed by atoms with Crippen LogP contribution in [-0.2, 0) is 10.9 Å². The van der Waals surface area contributed by atoms with Crippen LogP contribution in [0.25, 0.3) is 22.2 Å². The first-order chi connectivity index (χ1) is 20.4. The SMILES string of the molecule is Cc1cc(N)cc(-c2nc3c4c(nc(OC[C@@]56CCCN5C[C@H](F)C6)nc4c2F)N(C)[C@H]2CCOC[C@@H]2O3)c1C(F)(F)F. The van der Waals surface area contributed by atoms with E-state index in [1.165, 1.54) is 13.0 Å². The van der Waals surface area contributed by atoms with Crippen molar-refractivity contribution in [3.8, 4) is 23.1 Å². The lowest BCUT2D eigenvalue weighted by Crippen LogP contribution is -2.49. The summed E-state index contributed by atoms with van der Waals surface area (Å²) >= 11 is 0. The van der Waals surface area contributed by atoms with E-state index in [0.717, 1.165) is 25.5 Å². The van der Waals surface area contributed by atoms with Crippen molar-refractivity contribution in [2.24, 2.45) is 0 Å². The molecule has 3 fully saturated rings. The number of alkyl halides is 4. The average molecular weight is 607 g/mol. The lowest BCUT2D eigenvalue weighted by atomic mass is 9.95. The van der Waals surface area contributed by atoms with Crippen LogP contribution in [0.4, 0.5) is 33.5 Å². The van der Waals surface area contributed by atoms with E-state index in [-0.39, 0.29) is 59.1 Å². The Balaban J connectivity index is 1.41. The minimum Gasteiger partial charge on any atom is -0.469 e. The monoisotopic (exact) mass is 606 g/mol. The molecular formula is C29H31F5N6O3. The number of likely N-dealkylation sites (N-methyl/N-ethyl adjacent to an activating group) is 1. The van der Waals surface area contributed by atoms with Gasteiger partial charge in [0.05, 0.1) is 23.8 Å². The summed E-state index contributed by atoms with van der Waals surface area (Å²) in [5.41, 5.74) is 2.78. The number of halogens is 5. The first-order valence-electron chi connectivity index (χ1n) is 14.3. The molecule has 230 valence electrons. The number of nitrogen functional groups attached to an aromatic ring is 1. The number of aryl methyl sites for hydroxylation is 1. The Hall–Kier alpha value is -3.52. The first kappa shape index (κ1) is 28.3.